The van der Waals surface area contributed by atoms with E-state index in [1.807, 2.05) is 48.7 Å². The number of benzene rings is 1. The van der Waals surface area contributed by atoms with Gasteiger partial charge in [-0.25, -0.2) is 10.1 Å². The summed E-state index contributed by atoms with van der Waals surface area (Å²) in [6.45, 7) is 2.02. The fraction of sp³-hybridized carbons (Fsp3) is 0.111. The van der Waals surface area contributed by atoms with Gasteiger partial charge in [0, 0.05) is 15.5 Å². The Balaban J connectivity index is 1.59. The first kappa shape index (κ1) is 19.8. The average molecular weight is 441 g/mol. The van der Waals surface area contributed by atoms with Crippen molar-refractivity contribution in [3.05, 3.63) is 63.6 Å². The number of hydrogen-bond donors (Lipinski definition) is 2. The van der Waals surface area contributed by atoms with Gasteiger partial charge < -0.3 is 5.73 Å². The molecular weight excluding hydrogens is 424 g/mol. The highest BCUT2D eigenvalue weighted by Crippen LogP contribution is 2.26. The molecule has 1 amide bonds. The first-order valence-electron chi connectivity index (χ1n) is 8.71. The standard InChI is InChI=1S/C18H16N8O2S2/c1-11-4-6-12(7-5-11)30-10-14-15(18(27)22-20-9-13-3-2-8-29-13)21-25-26(14)17-16(19)23-28-24-17/h2-9H,10H2,1H3,(H2,19,23)(H,22,27)/b20-9+. The van der Waals surface area contributed by atoms with Crippen molar-refractivity contribution in [3.8, 4) is 5.82 Å². The van der Waals surface area contributed by atoms with Gasteiger partial charge in [0.2, 0.25) is 11.6 Å². The zero-order valence-corrected chi connectivity index (χ0v) is 17.4. The summed E-state index contributed by atoms with van der Waals surface area (Å²) in [6, 6.07) is 11.8. The number of carbonyl (C=O) groups excluding carboxylic acids is 1. The maximum atomic E-state index is 12.7. The van der Waals surface area contributed by atoms with E-state index in [4.69, 9.17) is 5.73 Å². The summed E-state index contributed by atoms with van der Waals surface area (Å²) >= 11 is 3.03. The fourth-order valence-corrected chi connectivity index (χ4v) is 3.95. The van der Waals surface area contributed by atoms with Crippen LogP contribution in [0.2, 0.25) is 0 Å². The van der Waals surface area contributed by atoms with Gasteiger partial charge in [-0.2, -0.15) is 9.78 Å². The Kier molecular flexibility index (Phi) is 5.86. The molecule has 3 N–H and O–H groups in total. The normalized spacial score (nSPS) is 11.2. The first-order chi connectivity index (χ1) is 14.6. The number of aromatic nitrogens is 5. The van der Waals surface area contributed by atoms with Gasteiger partial charge >= 0.3 is 0 Å². The molecule has 0 aliphatic heterocycles. The van der Waals surface area contributed by atoms with Crippen LogP contribution >= 0.6 is 23.1 Å². The van der Waals surface area contributed by atoms with Gasteiger partial charge in [-0.15, -0.1) is 28.2 Å². The van der Waals surface area contributed by atoms with Crippen LogP contribution in [0.1, 0.15) is 26.6 Å². The van der Waals surface area contributed by atoms with Gasteiger partial charge in [-0.1, -0.05) is 29.0 Å². The lowest BCUT2D eigenvalue weighted by Crippen LogP contribution is -2.20. The number of carbonyl (C=O) groups is 1. The second-order valence-corrected chi connectivity index (χ2v) is 8.11. The molecule has 0 unspecified atom stereocenters. The van der Waals surface area contributed by atoms with Crippen LogP contribution in [-0.4, -0.2) is 37.4 Å². The number of anilines is 1. The fourth-order valence-electron chi connectivity index (χ4n) is 2.47. The van der Waals surface area contributed by atoms with Gasteiger partial charge in [0.25, 0.3) is 5.91 Å². The molecule has 0 bridgehead atoms. The second-order valence-electron chi connectivity index (χ2n) is 6.09. The van der Waals surface area contributed by atoms with E-state index in [1.165, 1.54) is 27.8 Å². The minimum Gasteiger partial charge on any atom is -0.378 e. The van der Waals surface area contributed by atoms with E-state index >= 15 is 0 Å². The van der Waals surface area contributed by atoms with Crippen LogP contribution in [0.4, 0.5) is 5.82 Å². The van der Waals surface area contributed by atoms with E-state index in [-0.39, 0.29) is 17.3 Å². The number of hydrogen-bond acceptors (Lipinski definition) is 10. The van der Waals surface area contributed by atoms with Crippen molar-refractivity contribution < 1.29 is 9.42 Å². The summed E-state index contributed by atoms with van der Waals surface area (Å²) in [5.41, 5.74) is 10.0. The molecule has 12 heteroatoms. The highest BCUT2D eigenvalue weighted by Gasteiger charge is 2.24. The molecule has 4 rings (SSSR count). The summed E-state index contributed by atoms with van der Waals surface area (Å²) in [5, 5.41) is 21.3. The summed E-state index contributed by atoms with van der Waals surface area (Å²) in [5.74, 6) is 0.107. The number of aryl methyl sites for hydroxylation is 1. The molecule has 152 valence electrons. The number of hydrazone groups is 1. The largest absolute Gasteiger partial charge is 0.378 e. The highest BCUT2D eigenvalue weighted by atomic mass is 32.2. The molecule has 0 saturated heterocycles. The molecule has 30 heavy (non-hydrogen) atoms. The zero-order valence-electron chi connectivity index (χ0n) is 15.7. The van der Waals surface area contributed by atoms with E-state index in [0.29, 0.717) is 11.4 Å². The first-order valence-corrected chi connectivity index (χ1v) is 10.6. The smallest absolute Gasteiger partial charge is 0.293 e. The van der Waals surface area contributed by atoms with Crippen molar-refractivity contribution in [2.45, 2.75) is 17.6 Å². The van der Waals surface area contributed by atoms with Crippen molar-refractivity contribution in [1.29, 1.82) is 0 Å². The Hall–Kier alpha value is -3.51. The molecule has 0 aliphatic rings. The molecule has 0 aliphatic carbocycles. The van der Waals surface area contributed by atoms with E-state index in [2.05, 4.69) is 35.8 Å². The lowest BCUT2D eigenvalue weighted by molar-refractivity contribution is 0.0949. The Morgan fingerprint density at radius 2 is 2.17 bits per heavy atom. The zero-order chi connectivity index (χ0) is 20.9. The van der Waals surface area contributed by atoms with Crippen LogP contribution in [0.15, 0.2) is 56.4 Å². The van der Waals surface area contributed by atoms with Crippen LogP contribution in [-0.2, 0) is 5.75 Å². The maximum absolute atomic E-state index is 12.7. The van der Waals surface area contributed by atoms with Crippen molar-refractivity contribution in [2.24, 2.45) is 5.10 Å². The SMILES string of the molecule is Cc1ccc(SCc2c(C(=O)N/N=C/c3cccs3)nnn2-c2nonc2N)cc1. The van der Waals surface area contributed by atoms with Gasteiger partial charge in [0.05, 0.1) is 11.9 Å². The van der Waals surface area contributed by atoms with Crippen molar-refractivity contribution in [3.63, 3.8) is 0 Å². The topological polar surface area (TPSA) is 137 Å². The van der Waals surface area contributed by atoms with Crippen LogP contribution in [0, 0.1) is 6.92 Å². The van der Waals surface area contributed by atoms with Gasteiger partial charge in [0.1, 0.15) is 0 Å². The van der Waals surface area contributed by atoms with Crippen LogP contribution in [0.3, 0.4) is 0 Å². The lowest BCUT2D eigenvalue weighted by atomic mass is 10.2. The maximum Gasteiger partial charge on any atom is 0.293 e. The lowest BCUT2D eigenvalue weighted by Gasteiger charge is -2.06. The van der Waals surface area contributed by atoms with Gasteiger partial charge in [-0.3, -0.25) is 4.79 Å². The molecule has 4 aromatic rings. The molecule has 1 aromatic carbocycles. The number of nitrogen functional groups attached to an aromatic ring is 1. The molecule has 0 atom stereocenters. The monoisotopic (exact) mass is 440 g/mol. The molecular formula is C18H16N8O2S2. The minimum absolute atomic E-state index is 0.0455. The van der Waals surface area contributed by atoms with Gasteiger partial charge in [-0.05, 0) is 40.8 Å². The number of amides is 1. The molecule has 10 nitrogen and oxygen atoms in total. The Bertz CT molecular complexity index is 1170. The molecule has 0 spiro atoms. The summed E-state index contributed by atoms with van der Waals surface area (Å²) in [4.78, 5) is 14.6. The molecule has 0 fully saturated rings. The Morgan fingerprint density at radius 1 is 1.33 bits per heavy atom. The van der Waals surface area contributed by atoms with Gasteiger partial charge in [0.15, 0.2) is 5.69 Å². The number of nitrogens with one attached hydrogen (secondary N) is 1. The molecule has 3 aromatic heterocycles. The summed E-state index contributed by atoms with van der Waals surface area (Å²) in [6.07, 6.45) is 1.56. The van der Waals surface area contributed by atoms with E-state index in [9.17, 15) is 4.79 Å². The molecule has 0 saturated carbocycles. The van der Waals surface area contributed by atoms with Crippen LogP contribution in [0.5, 0.6) is 0 Å². The van der Waals surface area contributed by atoms with Crippen molar-refractivity contribution >= 4 is 41.0 Å². The summed E-state index contributed by atoms with van der Waals surface area (Å²) < 4.78 is 6.02. The van der Waals surface area contributed by atoms with E-state index < -0.39 is 5.91 Å². The Labute approximate surface area is 179 Å². The predicted molar refractivity (Wildman–Crippen MR) is 114 cm³/mol. The number of rotatable bonds is 7. The molecule has 0 radical (unpaired) electrons. The van der Waals surface area contributed by atoms with Crippen molar-refractivity contribution in [1.82, 2.24) is 30.7 Å². The van der Waals surface area contributed by atoms with Crippen molar-refractivity contribution in [2.75, 3.05) is 5.73 Å². The van der Waals surface area contributed by atoms with Crippen LogP contribution in [0.25, 0.3) is 5.82 Å². The highest BCUT2D eigenvalue weighted by molar-refractivity contribution is 7.98. The quantitative estimate of drug-likeness (QED) is 0.254. The third-order valence-electron chi connectivity index (χ3n) is 3.97. The number of nitrogens with zero attached hydrogens (tertiary/aromatic N) is 6. The predicted octanol–water partition coefficient (Wildman–Crippen LogP) is 2.66. The number of thiophene rings is 1. The van der Waals surface area contributed by atoms with Crippen LogP contribution < -0.4 is 11.2 Å². The second kappa shape index (κ2) is 8.88. The third-order valence-corrected chi connectivity index (χ3v) is 5.80. The van der Waals surface area contributed by atoms with E-state index in [1.54, 1.807) is 6.21 Å². The molecule has 3 heterocycles. The average Bonchev–Trinajstić information content (AvgIpc) is 3.48. The Morgan fingerprint density at radius 3 is 2.87 bits per heavy atom. The summed E-state index contributed by atoms with van der Waals surface area (Å²) in [7, 11) is 0. The number of nitrogens with two attached hydrogens (primary N) is 1. The number of thioether (sulfide) groups is 1. The van der Waals surface area contributed by atoms with E-state index in [0.717, 1.165) is 15.3 Å². The minimum atomic E-state index is -0.497. The third kappa shape index (κ3) is 4.39.